The van der Waals surface area contributed by atoms with E-state index >= 15 is 0 Å². The summed E-state index contributed by atoms with van der Waals surface area (Å²) in [6.07, 6.45) is 4.33. The van der Waals surface area contributed by atoms with Gasteiger partial charge in [-0.1, -0.05) is 30.3 Å². The first-order valence-corrected chi connectivity index (χ1v) is 7.04. The van der Waals surface area contributed by atoms with E-state index in [1.165, 1.54) is 11.3 Å². The summed E-state index contributed by atoms with van der Waals surface area (Å²) >= 11 is 0. The molecule has 0 spiro atoms. The molecule has 0 bridgehead atoms. The molecule has 1 radical (unpaired) electrons. The van der Waals surface area contributed by atoms with Crippen LogP contribution < -0.4 is 9.64 Å². The predicted molar refractivity (Wildman–Crippen MR) is 85.3 cm³/mol. The average molecular weight is 268 g/mol. The second kappa shape index (κ2) is 7.59. The summed E-state index contributed by atoms with van der Waals surface area (Å²) in [5.74, 6) is 0.947. The van der Waals surface area contributed by atoms with Crippen LogP contribution in [0.4, 0.5) is 5.69 Å². The summed E-state index contributed by atoms with van der Waals surface area (Å²) in [6.45, 7) is 0.760. The Hall–Kier alpha value is -1.96. The standard InChI is InChI=1S/C18H22NO/c1-19(2)17-13-11-16(12-14-17)8-6-7-15-20-18-9-4-3-5-10-18/h3-5,8-14H,6-7,15H2,1-2H3. The minimum atomic E-state index is 0.760. The fourth-order valence-electron chi connectivity index (χ4n) is 1.97. The van der Waals surface area contributed by atoms with Gasteiger partial charge in [-0.05, 0) is 49.1 Å². The molecule has 0 aromatic heterocycles. The van der Waals surface area contributed by atoms with Gasteiger partial charge in [0.2, 0.25) is 0 Å². The Morgan fingerprint density at radius 1 is 0.950 bits per heavy atom. The van der Waals surface area contributed by atoms with Crippen molar-refractivity contribution in [2.45, 2.75) is 12.8 Å². The molecule has 0 saturated carbocycles. The van der Waals surface area contributed by atoms with Crippen LogP contribution >= 0.6 is 0 Å². The van der Waals surface area contributed by atoms with E-state index in [0.717, 1.165) is 25.2 Å². The van der Waals surface area contributed by atoms with E-state index in [4.69, 9.17) is 4.74 Å². The topological polar surface area (TPSA) is 12.5 Å². The van der Waals surface area contributed by atoms with Gasteiger partial charge in [0.05, 0.1) is 6.61 Å². The molecule has 2 rings (SSSR count). The lowest BCUT2D eigenvalue weighted by atomic mass is 10.1. The molecular formula is C18H22NO. The van der Waals surface area contributed by atoms with E-state index in [1.54, 1.807) is 0 Å². The smallest absolute Gasteiger partial charge is 0.119 e. The number of benzene rings is 2. The van der Waals surface area contributed by atoms with Gasteiger partial charge in [0.25, 0.3) is 0 Å². The van der Waals surface area contributed by atoms with Gasteiger partial charge in [-0.2, -0.15) is 0 Å². The zero-order valence-corrected chi connectivity index (χ0v) is 12.3. The van der Waals surface area contributed by atoms with Crippen LogP contribution in [0.25, 0.3) is 0 Å². The van der Waals surface area contributed by atoms with Crippen LogP contribution in [0.15, 0.2) is 54.6 Å². The monoisotopic (exact) mass is 268 g/mol. The number of rotatable bonds is 7. The zero-order valence-electron chi connectivity index (χ0n) is 12.3. The maximum atomic E-state index is 5.67. The molecule has 0 N–H and O–H groups in total. The first kappa shape index (κ1) is 14.4. The molecule has 2 heteroatoms. The summed E-state index contributed by atoms with van der Waals surface area (Å²) in [7, 11) is 4.11. The minimum absolute atomic E-state index is 0.760. The number of ether oxygens (including phenoxy) is 1. The Morgan fingerprint density at radius 3 is 2.30 bits per heavy atom. The van der Waals surface area contributed by atoms with Crippen molar-refractivity contribution < 1.29 is 4.74 Å². The van der Waals surface area contributed by atoms with E-state index in [0.29, 0.717) is 0 Å². The number of hydrogen-bond donors (Lipinski definition) is 0. The highest BCUT2D eigenvalue weighted by Crippen LogP contribution is 2.15. The third kappa shape index (κ3) is 4.61. The van der Waals surface area contributed by atoms with Gasteiger partial charge >= 0.3 is 0 Å². The maximum absolute atomic E-state index is 5.67. The maximum Gasteiger partial charge on any atom is 0.119 e. The van der Waals surface area contributed by atoms with Gasteiger partial charge in [-0.15, -0.1) is 0 Å². The molecule has 0 atom stereocenters. The highest BCUT2D eigenvalue weighted by Gasteiger charge is 1.98. The van der Waals surface area contributed by atoms with Gasteiger partial charge in [0.1, 0.15) is 5.75 Å². The number of nitrogens with zero attached hydrogens (tertiary/aromatic N) is 1. The van der Waals surface area contributed by atoms with Gasteiger partial charge in [-0.25, -0.2) is 0 Å². The number of anilines is 1. The Morgan fingerprint density at radius 2 is 1.65 bits per heavy atom. The van der Waals surface area contributed by atoms with Crippen LogP contribution in [0.3, 0.4) is 0 Å². The van der Waals surface area contributed by atoms with Crippen LogP contribution in [-0.2, 0) is 0 Å². The molecule has 0 unspecified atom stereocenters. The van der Waals surface area contributed by atoms with Gasteiger partial charge < -0.3 is 9.64 Å². The molecular weight excluding hydrogens is 246 g/mol. The summed E-state index contributed by atoms with van der Waals surface area (Å²) in [6, 6.07) is 18.6. The fraction of sp³-hybridized carbons (Fsp3) is 0.278. The van der Waals surface area contributed by atoms with Crippen molar-refractivity contribution in [2.75, 3.05) is 25.6 Å². The molecule has 105 valence electrons. The summed E-state index contributed by atoms with van der Waals surface area (Å²) < 4.78 is 5.67. The SMILES string of the molecule is CN(C)c1ccc([CH]CCCOc2ccccc2)cc1. The molecule has 2 aromatic carbocycles. The number of hydrogen-bond acceptors (Lipinski definition) is 2. The second-order valence-electron chi connectivity index (χ2n) is 4.99. The van der Waals surface area contributed by atoms with Gasteiger partial charge in [0.15, 0.2) is 0 Å². The van der Waals surface area contributed by atoms with E-state index in [2.05, 4.69) is 49.7 Å². The van der Waals surface area contributed by atoms with Gasteiger partial charge in [-0.3, -0.25) is 0 Å². The van der Waals surface area contributed by atoms with E-state index in [9.17, 15) is 0 Å². The summed E-state index contributed by atoms with van der Waals surface area (Å²) in [4.78, 5) is 2.11. The van der Waals surface area contributed by atoms with Crippen molar-refractivity contribution in [3.63, 3.8) is 0 Å². The predicted octanol–water partition coefficient (Wildman–Crippen LogP) is 4.16. The largest absolute Gasteiger partial charge is 0.494 e. The van der Waals surface area contributed by atoms with Crippen molar-refractivity contribution in [3.8, 4) is 5.75 Å². The molecule has 20 heavy (non-hydrogen) atoms. The Labute approximate surface area is 122 Å². The highest BCUT2D eigenvalue weighted by molar-refractivity contribution is 5.47. The second-order valence-corrected chi connectivity index (χ2v) is 4.99. The molecule has 2 nitrogen and oxygen atoms in total. The van der Waals surface area contributed by atoms with Crippen LogP contribution in [0, 0.1) is 6.42 Å². The van der Waals surface area contributed by atoms with Crippen molar-refractivity contribution >= 4 is 5.69 Å². The lowest BCUT2D eigenvalue weighted by Crippen LogP contribution is -2.08. The Balaban J connectivity index is 1.66. The normalized spacial score (nSPS) is 10.3. The van der Waals surface area contributed by atoms with Crippen molar-refractivity contribution in [1.82, 2.24) is 0 Å². The quantitative estimate of drug-likeness (QED) is 0.699. The number of para-hydroxylation sites is 1. The molecule has 0 fully saturated rings. The van der Waals surface area contributed by atoms with Crippen molar-refractivity contribution in [1.29, 1.82) is 0 Å². The molecule has 0 heterocycles. The molecule has 0 aliphatic rings. The van der Waals surface area contributed by atoms with Crippen molar-refractivity contribution in [2.24, 2.45) is 0 Å². The van der Waals surface area contributed by atoms with Crippen LogP contribution in [-0.4, -0.2) is 20.7 Å². The summed E-state index contributed by atoms with van der Waals surface area (Å²) in [5.41, 5.74) is 2.50. The van der Waals surface area contributed by atoms with E-state index in [-0.39, 0.29) is 0 Å². The number of unbranched alkanes of at least 4 members (excludes halogenated alkanes) is 1. The van der Waals surface area contributed by atoms with E-state index in [1.807, 2.05) is 30.3 Å². The lowest BCUT2D eigenvalue weighted by Gasteiger charge is -2.12. The van der Waals surface area contributed by atoms with Crippen molar-refractivity contribution in [3.05, 3.63) is 66.6 Å². The molecule has 0 amide bonds. The Kier molecular flexibility index (Phi) is 5.48. The summed E-state index contributed by atoms with van der Waals surface area (Å²) in [5, 5.41) is 0. The van der Waals surface area contributed by atoms with Gasteiger partial charge in [0, 0.05) is 19.8 Å². The fourth-order valence-corrected chi connectivity index (χ4v) is 1.97. The Bertz CT molecular complexity index is 491. The first-order valence-electron chi connectivity index (χ1n) is 7.04. The molecule has 2 aromatic rings. The molecule has 0 aliphatic carbocycles. The molecule has 0 aliphatic heterocycles. The zero-order chi connectivity index (χ0) is 14.2. The first-order chi connectivity index (χ1) is 9.75. The van der Waals surface area contributed by atoms with Crippen LogP contribution in [0.1, 0.15) is 18.4 Å². The minimum Gasteiger partial charge on any atom is -0.494 e. The van der Waals surface area contributed by atoms with Crippen LogP contribution in [0.2, 0.25) is 0 Å². The average Bonchev–Trinajstić information content (AvgIpc) is 2.48. The molecule has 0 saturated heterocycles. The highest BCUT2D eigenvalue weighted by atomic mass is 16.5. The lowest BCUT2D eigenvalue weighted by molar-refractivity contribution is 0.311. The third-order valence-corrected chi connectivity index (χ3v) is 3.15. The van der Waals surface area contributed by atoms with Crippen LogP contribution in [0.5, 0.6) is 5.75 Å². The third-order valence-electron chi connectivity index (χ3n) is 3.15. The van der Waals surface area contributed by atoms with E-state index < -0.39 is 0 Å².